The van der Waals surface area contributed by atoms with E-state index in [-0.39, 0.29) is 11.5 Å². The third kappa shape index (κ3) is 3.19. The first-order valence-corrected chi connectivity index (χ1v) is 11.8. The highest BCUT2D eigenvalue weighted by Gasteiger charge is 2.63. The highest BCUT2D eigenvalue weighted by atomic mass is 16.3. The van der Waals surface area contributed by atoms with E-state index in [2.05, 4.69) is 25.8 Å². The molecule has 2 aliphatic carbocycles. The van der Waals surface area contributed by atoms with Crippen LogP contribution in [0.5, 0.6) is 5.75 Å². The maximum absolute atomic E-state index is 12.5. The molecule has 2 bridgehead atoms. The Bertz CT molecular complexity index is 965. The number of hydrogen-bond donors (Lipinski definition) is 2. The average molecular weight is 421 g/mol. The van der Waals surface area contributed by atoms with Gasteiger partial charge in [-0.3, -0.25) is 9.80 Å². The number of aliphatic hydroxyl groups is 1. The Labute approximate surface area is 183 Å². The standard InChI is InChI=1S/C25H32N4O2/c30-20-5-4-19-14-22-25(31)8-12-28(17-23-26-9-1-10-27-23)11-6-24(25,21(19)15-20)7-13-29(22)16-18-2-3-18/h1,4-5,9-10,15,18,22,30-31H,2-3,6-8,11-14,16-17H2/t22-,24+,25-/m1/s1. The molecule has 3 heterocycles. The van der Waals surface area contributed by atoms with Crippen molar-refractivity contribution in [2.24, 2.45) is 5.92 Å². The molecule has 6 nitrogen and oxygen atoms in total. The van der Waals surface area contributed by atoms with Gasteiger partial charge in [0.05, 0.1) is 12.1 Å². The number of phenols is 1. The summed E-state index contributed by atoms with van der Waals surface area (Å²) in [4.78, 5) is 13.8. The van der Waals surface area contributed by atoms with Gasteiger partial charge in [-0.2, -0.15) is 0 Å². The van der Waals surface area contributed by atoms with Crippen LogP contribution in [0.1, 0.15) is 49.1 Å². The lowest BCUT2D eigenvalue weighted by Gasteiger charge is -2.61. The van der Waals surface area contributed by atoms with Crippen molar-refractivity contribution >= 4 is 0 Å². The molecule has 2 saturated heterocycles. The minimum absolute atomic E-state index is 0.159. The fraction of sp³-hybridized carbons (Fsp3) is 0.600. The van der Waals surface area contributed by atoms with E-state index in [4.69, 9.17) is 0 Å². The summed E-state index contributed by atoms with van der Waals surface area (Å²) in [6.45, 7) is 4.64. The highest BCUT2D eigenvalue weighted by molar-refractivity contribution is 5.48. The summed E-state index contributed by atoms with van der Waals surface area (Å²) in [5.74, 6) is 1.97. The number of phenolic OH excluding ortho intramolecular Hbond substituents is 1. The van der Waals surface area contributed by atoms with Crippen LogP contribution < -0.4 is 0 Å². The molecule has 1 saturated carbocycles. The van der Waals surface area contributed by atoms with Gasteiger partial charge in [0, 0.05) is 36.9 Å². The Balaban J connectivity index is 1.37. The lowest BCUT2D eigenvalue weighted by molar-refractivity contribution is -0.149. The van der Waals surface area contributed by atoms with Gasteiger partial charge in [0.15, 0.2) is 0 Å². The monoisotopic (exact) mass is 420 g/mol. The van der Waals surface area contributed by atoms with E-state index in [1.54, 1.807) is 12.4 Å². The number of benzene rings is 1. The predicted molar refractivity (Wildman–Crippen MR) is 118 cm³/mol. The molecule has 2 N–H and O–H groups in total. The topological polar surface area (TPSA) is 72.7 Å². The molecule has 0 radical (unpaired) electrons. The largest absolute Gasteiger partial charge is 0.508 e. The number of aromatic hydroxyl groups is 1. The van der Waals surface area contributed by atoms with Gasteiger partial charge < -0.3 is 10.2 Å². The molecule has 1 aromatic carbocycles. The van der Waals surface area contributed by atoms with Gasteiger partial charge in [0.2, 0.25) is 0 Å². The first kappa shape index (κ1) is 19.6. The number of likely N-dealkylation sites (tertiary alicyclic amines) is 2. The van der Waals surface area contributed by atoms with Crippen molar-refractivity contribution in [1.82, 2.24) is 19.8 Å². The first-order chi connectivity index (χ1) is 15.1. The number of hydrogen-bond acceptors (Lipinski definition) is 6. The van der Waals surface area contributed by atoms with E-state index in [1.165, 1.54) is 24.0 Å². The molecule has 1 aromatic heterocycles. The average Bonchev–Trinajstić information content (AvgIpc) is 3.60. The third-order valence-electron chi connectivity index (χ3n) is 8.51. The van der Waals surface area contributed by atoms with Crippen molar-refractivity contribution < 1.29 is 10.2 Å². The van der Waals surface area contributed by atoms with E-state index in [9.17, 15) is 10.2 Å². The van der Waals surface area contributed by atoms with Crippen molar-refractivity contribution in [3.8, 4) is 5.75 Å². The summed E-state index contributed by atoms with van der Waals surface area (Å²) < 4.78 is 0. The quantitative estimate of drug-likeness (QED) is 0.792. The molecule has 4 aliphatic rings. The van der Waals surface area contributed by atoms with Crippen LogP contribution >= 0.6 is 0 Å². The maximum Gasteiger partial charge on any atom is 0.142 e. The normalized spacial score (nSPS) is 33.4. The Hall–Kier alpha value is -2.02. The number of aromatic nitrogens is 2. The smallest absolute Gasteiger partial charge is 0.142 e. The van der Waals surface area contributed by atoms with Gasteiger partial charge in [-0.25, -0.2) is 9.97 Å². The second kappa shape index (κ2) is 7.26. The third-order valence-corrected chi connectivity index (χ3v) is 8.51. The molecule has 2 aliphatic heterocycles. The second-order valence-corrected chi connectivity index (χ2v) is 10.2. The van der Waals surface area contributed by atoms with Gasteiger partial charge in [0.25, 0.3) is 0 Å². The first-order valence-electron chi connectivity index (χ1n) is 11.8. The molecule has 3 atom stereocenters. The highest BCUT2D eigenvalue weighted by Crippen LogP contribution is 2.56. The fourth-order valence-corrected chi connectivity index (χ4v) is 6.68. The summed E-state index contributed by atoms with van der Waals surface area (Å²) in [6, 6.07) is 7.87. The Morgan fingerprint density at radius 1 is 1.03 bits per heavy atom. The molecule has 6 heteroatoms. The zero-order chi connectivity index (χ0) is 21.1. The van der Waals surface area contributed by atoms with Crippen molar-refractivity contribution in [2.75, 3.05) is 26.2 Å². The summed E-state index contributed by atoms with van der Waals surface area (Å²) in [6.07, 6.45) is 9.76. The van der Waals surface area contributed by atoms with Gasteiger partial charge in [-0.1, -0.05) is 6.07 Å². The molecular formula is C25H32N4O2. The van der Waals surface area contributed by atoms with Crippen LogP contribution in [0, 0.1) is 5.92 Å². The summed E-state index contributed by atoms with van der Waals surface area (Å²) in [5, 5.41) is 22.8. The maximum atomic E-state index is 12.5. The molecular weight excluding hydrogens is 388 g/mol. The van der Waals surface area contributed by atoms with Crippen LogP contribution in [-0.4, -0.2) is 67.8 Å². The van der Waals surface area contributed by atoms with Crippen LogP contribution in [0.4, 0.5) is 0 Å². The minimum atomic E-state index is -0.771. The van der Waals surface area contributed by atoms with Crippen LogP contribution in [0.25, 0.3) is 0 Å². The minimum Gasteiger partial charge on any atom is -0.508 e. The molecule has 0 unspecified atom stereocenters. The van der Waals surface area contributed by atoms with Gasteiger partial charge in [-0.05, 0) is 86.9 Å². The van der Waals surface area contributed by atoms with Crippen LogP contribution in [0.3, 0.4) is 0 Å². The zero-order valence-corrected chi connectivity index (χ0v) is 18.1. The van der Waals surface area contributed by atoms with Crippen molar-refractivity contribution in [2.45, 2.75) is 62.1 Å². The lowest BCUT2D eigenvalue weighted by Crippen LogP contribution is -2.71. The van der Waals surface area contributed by atoms with Crippen LogP contribution in [0.2, 0.25) is 0 Å². The van der Waals surface area contributed by atoms with Crippen LogP contribution in [-0.2, 0) is 18.4 Å². The van der Waals surface area contributed by atoms with Crippen molar-refractivity contribution in [3.05, 3.63) is 53.6 Å². The number of nitrogens with zero attached hydrogens (tertiary/aromatic N) is 4. The molecule has 31 heavy (non-hydrogen) atoms. The number of piperidine rings is 1. The Morgan fingerprint density at radius 3 is 2.61 bits per heavy atom. The second-order valence-electron chi connectivity index (χ2n) is 10.2. The van der Waals surface area contributed by atoms with Gasteiger partial charge in [-0.15, -0.1) is 0 Å². The van der Waals surface area contributed by atoms with E-state index < -0.39 is 5.60 Å². The summed E-state index contributed by atoms with van der Waals surface area (Å²) >= 11 is 0. The van der Waals surface area contributed by atoms with Crippen molar-refractivity contribution in [1.29, 1.82) is 0 Å². The molecule has 0 spiro atoms. The van der Waals surface area contributed by atoms with Crippen LogP contribution in [0.15, 0.2) is 36.7 Å². The molecule has 0 amide bonds. The van der Waals surface area contributed by atoms with Crippen molar-refractivity contribution in [3.63, 3.8) is 0 Å². The molecule has 2 aromatic rings. The zero-order valence-electron chi connectivity index (χ0n) is 18.1. The summed E-state index contributed by atoms with van der Waals surface area (Å²) in [5.41, 5.74) is 1.44. The molecule has 3 fully saturated rings. The Kier molecular flexibility index (Phi) is 4.60. The molecule has 164 valence electrons. The molecule has 6 rings (SSSR count). The van der Waals surface area contributed by atoms with E-state index in [0.29, 0.717) is 5.75 Å². The van der Waals surface area contributed by atoms with E-state index in [0.717, 1.165) is 70.1 Å². The predicted octanol–water partition coefficient (Wildman–Crippen LogP) is 2.49. The lowest BCUT2D eigenvalue weighted by atomic mass is 9.52. The van der Waals surface area contributed by atoms with Gasteiger partial charge in [0.1, 0.15) is 11.6 Å². The van der Waals surface area contributed by atoms with E-state index in [1.807, 2.05) is 18.2 Å². The Morgan fingerprint density at radius 2 is 1.81 bits per heavy atom. The number of fused-ring (bicyclic) bond motifs is 1. The van der Waals surface area contributed by atoms with Gasteiger partial charge >= 0.3 is 0 Å². The van der Waals surface area contributed by atoms with E-state index >= 15 is 0 Å². The number of rotatable bonds is 4. The summed E-state index contributed by atoms with van der Waals surface area (Å²) in [7, 11) is 0. The fourth-order valence-electron chi connectivity index (χ4n) is 6.68. The SMILES string of the molecule is Oc1ccc2c(c1)[C@@]13CCN(Cc4ncccn4)CC[C@@]1(O)[C@@H](C2)N(CC1CC1)CC3.